The summed E-state index contributed by atoms with van der Waals surface area (Å²) in [7, 11) is 1.31. The Hall–Kier alpha value is -2.18. The number of carbonyl (C=O) groups excluding carboxylic acids is 1. The van der Waals surface area contributed by atoms with Crippen LogP contribution in [0, 0.1) is 10.1 Å². The SMILES string of the molecule is CCN(CCC(=O)OC)c1ncccc1[N+](=O)[O-]. The Labute approximate surface area is 105 Å². The van der Waals surface area contributed by atoms with Gasteiger partial charge in [0.05, 0.1) is 18.5 Å². The number of carbonyl (C=O) groups is 1. The van der Waals surface area contributed by atoms with Crippen molar-refractivity contribution in [2.75, 3.05) is 25.1 Å². The third-order valence-corrected chi connectivity index (χ3v) is 2.46. The number of nitrogens with zero attached hydrogens (tertiary/aromatic N) is 3. The summed E-state index contributed by atoms with van der Waals surface area (Å²) in [6.07, 6.45) is 1.65. The number of aromatic nitrogens is 1. The maximum Gasteiger partial charge on any atom is 0.311 e. The van der Waals surface area contributed by atoms with Crippen LogP contribution in [0.4, 0.5) is 11.5 Å². The summed E-state index contributed by atoms with van der Waals surface area (Å²) in [6, 6.07) is 2.90. The smallest absolute Gasteiger partial charge is 0.311 e. The second kappa shape index (κ2) is 6.53. The molecule has 7 nitrogen and oxygen atoms in total. The van der Waals surface area contributed by atoms with E-state index in [4.69, 9.17) is 0 Å². The summed E-state index contributed by atoms with van der Waals surface area (Å²) >= 11 is 0. The zero-order valence-electron chi connectivity index (χ0n) is 10.3. The van der Waals surface area contributed by atoms with Crippen molar-refractivity contribution in [3.8, 4) is 0 Å². The van der Waals surface area contributed by atoms with E-state index in [9.17, 15) is 14.9 Å². The fourth-order valence-corrected chi connectivity index (χ4v) is 1.52. The number of methoxy groups -OCH3 is 1. The van der Waals surface area contributed by atoms with Gasteiger partial charge in [0, 0.05) is 25.4 Å². The Balaban J connectivity index is 2.88. The van der Waals surface area contributed by atoms with Gasteiger partial charge in [0.2, 0.25) is 5.82 Å². The first kappa shape index (κ1) is 13.9. The third kappa shape index (κ3) is 3.41. The number of hydrogen-bond acceptors (Lipinski definition) is 6. The molecule has 0 radical (unpaired) electrons. The molecule has 0 amide bonds. The molecule has 1 rings (SSSR count). The highest BCUT2D eigenvalue weighted by Crippen LogP contribution is 2.24. The summed E-state index contributed by atoms with van der Waals surface area (Å²) in [5.41, 5.74) is -0.0655. The van der Waals surface area contributed by atoms with Crippen LogP contribution in [0.5, 0.6) is 0 Å². The van der Waals surface area contributed by atoms with E-state index in [1.165, 1.54) is 25.4 Å². The van der Waals surface area contributed by atoms with Crippen molar-refractivity contribution in [2.45, 2.75) is 13.3 Å². The number of pyridine rings is 1. The molecule has 0 aliphatic rings. The van der Waals surface area contributed by atoms with Crippen molar-refractivity contribution in [3.05, 3.63) is 28.4 Å². The maximum atomic E-state index is 11.1. The van der Waals surface area contributed by atoms with E-state index >= 15 is 0 Å². The van der Waals surface area contributed by atoms with Crippen LogP contribution in [0.15, 0.2) is 18.3 Å². The molecule has 1 aromatic heterocycles. The Bertz CT molecular complexity index is 436. The molecule has 98 valence electrons. The zero-order valence-corrected chi connectivity index (χ0v) is 10.3. The average molecular weight is 253 g/mol. The minimum absolute atomic E-state index is 0.0655. The van der Waals surface area contributed by atoms with Gasteiger partial charge in [-0.25, -0.2) is 4.98 Å². The van der Waals surface area contributed by atoms with Crippen molar-refractivity contribution in [1.29, 1.82) is 0 Å². The molecule has 0 saturated heterocycles. The van der Waals surface area contributed by atoms with Crippen molar-refractivity contribution in [3.63, 3.8) is 0 Å². The number of nitro groups is 1. The van der Waals surface area contributed by atoms with Crippen LogP contribution in [-0.2, 0) is 9.53 Å². The Morgan fingerprint density at radius 1 is 1.61 bits per heavy atom. The number of anilines is 1. The van der Waals surface area contributed by atoms with Crippen LogP contribution in [0.2, 0.25) is 0 Å². The number of esters is 1. The molecule has 0 aromatic carbocycles. The molecule has 1 aromatic rings. The van der Waals surface area contributed by atoms with Crippen LogP contribution in [0.3, 0.4) is 0 Å². The first-order valence-electron chi connectivity index (χ1n) is 5.51. The Morgan fingerprint density at radius 2 is 2.33 bits per heavy atom. The lowest BCUT2D eigenvalue weighted by Crippen LogP contribution is -2.27. The monoisotopic (exact) mass is 253 g/mol. The molecule has 0 unspecified atom stereocenters. The van der Waals surface area contributed by atoms with E-state index in [0.29, 0.717) is 13.1 Å². The van der Waals surface area contributed by atoms with E-state index in [1.807, 2.05) is 6.92 Å². The van der Waals surface area contributed by atoms with Crippen LogP contribution in [0.25, 0.3) is 0 Å². The van der Waals surface area contributed by atoms with Crippen molar-refractivity contribution in [2.24, 2.45) is 0 Å². The predicted molar refractivity (Wildman–Crippen MR) is 65.4 cm³/mol. The fraction of sp³-hybridized carbons (Fsp3) is 0.455. The molecule has 1 heterocycles. The second-order valence-electron chi connectivity index (χ2n) is 3.51. The summed E-state index contributed by atoms with van der Waals surface area (Å²) in [4.78, 5) is 27.2. The molecule has 0 saturated carbocycles. The van der Waals surface area contributed by atoms with Gasteiger partial charge in [-0.05, 0) is 13.0 Å². The van der Waals surface area contributed by atoms with E-state index in [-0.39, 0.29) is 23.9 Å². The highest BCUT2D eigenvalue weighted by Gasteiger charge is 2.19. The molecule has 7 heteroatoms. The summed E-state index contributed by atoms with van der Waals surface area (Å²) < 4.78 is 4.54. The zero-order chi connectivity index (χ0) is 13.5. The molecule has 0 fully saturated rings. The van der Waals surface area contributed by atoms with Gasteiger partial charge in [0.1, 0.15) is 0 Å². The predicted octanol–water partition coefficient (Wildman–Crippen LogP) is 1.38. The molecule has 0 spiro atoms. The van der Waals surface area contributed by atoms with Crippen LogP contribution in [-0.4, -0.2) is 36.1 Å². The fourth-order valence-electron chi connectivity index (χ4n) is 1.52. The van der Waals surface area contributed by atoms with Crippen molar-refractivity contribution >= 4 is 17.5 Å². The lowest BCUT2D eigenvalue weighted by molar-refractivity contribution is -0.384. The molecule has 0 aliphatic heterocycles. The number of ether oxygens (including phenoxy) is 1. The molecule has 0 aliphatic carbocycles. The standard InChI is InChI=1S/C11H15N3O4/c1-3-13(8-6-10(15)18-2)11-9(14(16)17)5-4-7-12-11/h4-5,7H,3,6,8H2,1-2H3. The van der Waals surface area contributed by atoms with Gasteiger partial charge in [-0.15, -0.1) is 0 Å². The molecule has 0 bridgehead atoms. The third-order valence-electron chi connectivity index (χ3n) is 2.46. The number of hydrogen-bond donors (Lipinski definition) is 0. The van der Waals surface area contributed by atoms with Crippen LogP contribution >= 0.6 is 0 Å². The van der Waals surface area contributed by atoms with Crippen LogP contribution in [0.1, 0.15) is 13.3 Å². The van der Waals surface area contributed by atoms with Gasteiger partial charge in [-0.2, -0.15) is 0 Å². The van der Waals surface area contributed by atoms with Crippen molar-refractivity contribution < 1.29 is 14.5 Å². The lowest BCUT2D eigenvalue weighted by atomic mass is 10.3. The molecule has 18 heavy (non-hydrogen) atoms. The van der Waals surface area contributed by atoms with Crippen molar-refractivity contribution in [1.82, 2.24) is 4.98 Å². The molecule has 0 atom stereocenters. The largest absolute Gasteiger partial charge is 0.469 e. The van der Waals surface area contributed by atoms with E-state index in [2.05, 4.69) is 9.72 Å². The lowest BCUT2D eigenvalue weighted by Gasteiger charge is -2.20. The minimum Gasteiger partial charge on any atom is -0.469 e. The van der Waals surface area contributed by atoms with Gasteiger partial charge in [-0.3, -0.25) is 14.9 Å². The average Bonchev–Trinajstić information content (AvgIpc) is 2.39. The topological polar surface area (TPSA) is 85.6 Å². The quantitative estimate of drug-likeness (QED) is 0.432. The molecular weight excluding hydrogens is 238 g/mol. The van der Waals surface area contributed by atoms with Gasteiger partial charge in [0.25, 0.3) is 0 Å². The highest BCUT2D eigenvalue weighted by atomic mass is 16.6. The number of rotatable bonds is 6. The van der Waals surface area contributed by atoms with Gasteiger partial charge < -0.3 is 9.64 Å². The Kier molecular flexibility index (Phi) is 5.04. The first-order chi connectivity index (χ1) is 8.60. The van der Waals surface area contributed by atoms with Gasteiger partial charge >= 0.3 is 11.7 Å². The Morgan fingerprint density at radius 3 is 2.89 bits per heavy atom. The van der Waals surface area contributed by atoms with Gasteiger partial charge in [0.15, 0.2) is 0 Å². The summed E-state index contributed by atoms with van der Waals surface area (Å²) in [5, 5.41) is 10.9. The first-order valence-corrected chi connectivity index (χ1v) is 5.51. The van der Waals surface area contributed by atoms with Crippen LogP contribution < -0.4 is 4.90 Å². The highest BCUT2D eigenvalue weighted by molar-refractivity contribution is 5.70. The second-order valence-corrected chi connectivity index (χ2v) is 3.51. The van der Waals surface area contributed by atoms with E-state index < -0.39 is 4.92 Å². The van der Waals surface area contributed by atoms with Gasteiger partial charge in [-0.1, -0.05) is 0 Å². The minimum atomic E-state index is -0.483. The summed E-state index contributed by atoms with van der Waals surface area (Å²) in [6.45, 7) is 2.70. The molecular formula is C11H15N3O4. The molecule has 0 N–H and O–H groups in total. The maximum absolute atomic E-state index is 11.1. The normalized spacial score (nSPS) is 9.89. The van der Waals surface area contributed by atoms with E-state index in [0.717, 1.165) is 0 Å². The van der Waals surface area contributed by atoms with E-state index in [1.54, 1.807) is 4.90 Å². The summed E-state index contributed by atoms with van der Waals surface area (Å²) in [5.74, 6) is -0.0825.